The molecule has 0 aliphatic heterocycles. The van der Waals surface area contributed by atoms with Gasteiger partial charge in [0.2, 0.25) is 0 Å². The summed E-state index contributed by atoms with van der Waals surface area (Å²) in [5, 5.41) is 0. The summed E-state index contributed by atoms with van der Waals surface area (Å²) in [6, 6.07) is 24.3. The highest BCUT2D eigenvalue weighted by molar-refractivity contribution is 7.45. The maximum absolute atomic E-state index is 8.88. The molecule has 3 N–H and O–H groups in total. The molecular weight excluding hydrogens is 419 g/mol. The first kappa shape index (κ1) is 26.0. The molecule has 0 spiro atoms. The molecule has 3 aromatic carbocycles. The van der Waals surface area contributed by atoms with Gasteiger partial charge in [-0.05, 0) is 56.7 Å². The molecule has 5 heteroatoms. The van der Waals surface area contributed by atoms with E-state index in [0.29, 0.717) is 17.8 Å². The average molecular weight is 455 g/mol. The number of benzene rings is 3. The van der Waals surface area contributed by atoms with Crippen LogP contribution in [0.1, 0.15) is 76.0 Å². The van der Waals surface area contributed by atoms with Gasteiger partial charge in [-0.3, -0.25) is 0 Å². The van der Waals surface area contributed by atoms with Crippen LogP contribution in [0.4, 0.5) is 0 Å². The summed E-state index contributed by atoms with van der Waals surface area (Å²) in [5.41, 5.74) is 9.87. The van der Waals surface area contributed by atoms with Gasteiger partial charge >= 0.3 is 7.82 Å². The van der Waals surface area contributed by atoms with Gasteiger partial charge in [-0.15, -0.1) is 0 Å². The summed E-state index contributed by atoms with van der Waals surface area (Å²) >= 11 is 0. The van der Waals surface area contributed by atoms with Crippen LogP contribution in [-0.4, -0.2) is 14.7 Å². The van der Waals surface area contributed by atoms with E-state index in [1.807, 2.05) is 0 Å². The fraction of sp³-hybridized carbons (Fsp3) is 0.333. The molecule has 0 aromatic heterocycles. The van der Waals surface area contributed by atoms with E-state index in [2.05, 4.69) is 108 Å². The molecule has 0 fully saturated rings. The highest BCUT2D eigenvalue weighted by Crippen LogP contribution is 2.42. The first-order valence-electron chi connectivity index (χ1n) is 11.0. The second-order valence-corrected chi connectivity index (χ2v) is 9.95. The minimum Gasteiger partial charge on any atom is -0.303 e. The van der Waals surface area contributed by atoms with Crippen molar-refractivity contribution < 1.29 is 19.2 Å². The van der Waals surface area contributed by atoms with Gasteiger partial charge < -0.3 is 14.7 Å². The van der Waals surface area contributed by atoms with Crippen molar-refractivity contribution in [3.8, 4) is 22.3 Å². The molecule has 0 saturated carbocycles. The molecule has 0 aliphatic rings. The molecule has 0 bridgehead atoms. The summed E-state index contributed by atoms with van der Waals surface area (Å²) in [5.74, 6) is 1.54. The predicted molar refractivity (Wildman–Crippen MR) is 134 cm³/mol. The van der Waals surface area contributed by atoms with Crippen LogP contribution < -0.4 is 0 Å². The second kappa shape index (κ2) is 11.1. The Balaban J connectivity index is 0.000000654. The van der Waals surface area contributed by atoms with Crippen molar-refractivity contribution in [2.75, 3.05) is 0 Å². The van der Waals surface area contributed by atoms with Crippen LogP contribution in [0.5, 0.6) is 0 Å². The first-order chi connectivity index (χ1) is 14.9. The lowest BCUT2D eigenvalue weighted by Crippen LogP contribution is -2.07. The van der Waals surface area contributed by atoms with E-state index in [9.17, 15) is 0 Å². The minimum atomic E-state index is -4.64. The lowest BCUT2D eigenvalue weighted by Gasteiger charge is -2.26. The van der Waals surface area contributed by atoms with E-state index in [1.54, 1.807) is 5.56 Å². The Morgan fingerprint density at radius 3 is 1.50 bits per heavy atom. The topological polar surface area (TPSA) is 77.8 Å². The Kier molecular flexibility index (Phi) is 9.00. The van der Waals surface area contributed by atoms with Crippen molar-refractivity contribution in [2.24, 2.45) is 0 Å². The molecule has 0 radical (unpaired) electrons. The van der Waals surface area contributed by atoms with Gasteiger partial charge in [0, 0.05) is 0 Å². The Labute approximate surface area is 192 Å². The van der Waals surface area contributed by atoms with Crippen molar-refractivity contribution in [1.82, 2.24) is 0 Å². The maximum Gasteiger partial charge on any atom is 0.466 e. The zero-order valence-electron chi connectivity index (χ0n) is 19.8. The highest BCUT2D eigenvalue weighted by Gasteiger charge is 2.22. The van der Waals surface area contributed by atoms with Crippen LogP contribution in [0, 0.1) is 0 Å². The van der Waals surface area contributed by atoms with Crippen LogP contribution in [0.25, 0.3) is 22.3 Å². The highest BCUT2D eigenvalue weighted by atomic mass is 31.2. The smallest absolute Gasteiger partial charge is 0.303 e. The Morgan fingerprint density at radius 1 is 0.562 bits per heavy atom. The molecule has 3 rings (SSSR count). The van der Waals surface area contributed by atoms with E-state index in [0.717, 1.165) is 0 Å². The third-order valence-corrected chi connectivity index (χ3v) is 5.40. The molecule has 0 saturated heterocycles. The van der Waals surface area contributed by atoms with Gasteiger partial charge in [-0.2, -0.15) is 0 Å². The molecule has 4 nitrogen and oxygen atoms in total. The number of hydrogen-bond acceptors (Lipinski definition) is 1. The van der Waals surface area contributed by atoms with Crippen LogP contribution in [0.3, 0.4) is 0 Å². The molecule has 0 unspecified atom stereocenters. The van der Waals surface area contributed by atoms with Crippen molar-refractivity contribution in [3.63, 3.8) is 0 Å². The fourth-order valence-corrected chi connectivity index (χ4v) is 4.25. The Hall–Kier alpha value is -2.23. The third kappa shape index (κ3) is 6.88. The van der Waals surface area contributed by atoms with E-state index in [-0.39, 0.29) is 0 Å². The van der Waals surface area contributed by atoms with E-state index in [4.69, 9.17) is 19.2 Å². The Morgan fingerprint density at radius 2 is 1.03 bits per heavy atom. The summed E-state index contributed by atoms with van der Waals surface area (Å²) in [6.07, 6.45) is 0. The number of rotatable bonds is 5. The molecule has 0 amide bonds. The van der Waals surface area contributed by atoms with Crippen LogP contribution in [0.15, 0.2) is 66.7 Å². The summed E-state index contributed by atoms with van der Waals surface area (Å²) in [7, 11) is -4.64. The summed E-state index contributed by atoms with van der Waals surface area (Å²) < 4.78 is 8.88. The van der Waals surface area contributed by atoms with Crippen molar-refractivity contribution >= 4 is 7.82 Å². The zero-order chi connectivity index (χ0) is 24.1. The SMILES string of the molecule is CC(C)c1ccc(-c2ccccc2-c2ccccc2)c(C(C)C)c1C(C)C.O=P(O)(O)O. The van der Waals surface area contributed by atoms with Crippen molar-refractivity contribution in [2.45, 2.75) is 59.3 Å². The van der Waals surface area contributed by atoms with Gasteiger partial charge in [-0.1, -0.05) is 108 Å². The summed E-state index contributed by atoms with van der Waals surface area (Å²) in [4.78, 5) is 21.6. The van der Waals surface area contributed by atoms with Crippen LogP contribution >= 0.6 is 7.82 Å². The van der Waals surface area contributed by atoms with Crippen molar-refractivity contribution in [3.05, 3.63) is 83.4 Å². The van der Waals surface area contributed by atoms with E-state index in [1.165, 1.54) is 33.4 Å². The standard InChI is InChI=1S/C27H32.H3O4P/c1-18(2)22-16-17-25(27(20(5)6)26(22)19(3)4)24-15-11-10-14-23(24)21-12-8-7-9-13-21;1-5(2,3)4/h7-20H,1-6H3;(H3,1,2,3,4). The molecule has 0 aliphatic carbocycles. The largest absolute Gasteiger partial charge is 0.466 e. The monoisotopic (exact) mass is 454 g/mol. The van der Waals surface area contributed by atoms with Gasteiger partial charge in [0.05, 0.1) is 0 Å². The van der Waals surface area contributed by atoms with Crippen LogP contribution in [0.2, 0.25) is 0 Å². The molecule has 0 atom stereocenters. The number of phosphoric acid groups is 1. The molecular formula is C27H35O4P. The van der Waals surface area contributed by atoms with Crippen molar-refractivity contribution in [1.29, 1.82) is 0 Å². The first-order valence-corrected chi connectivity index (χ1v) is 12.6. The minimum absolute atomic E-state index is 0.486. The third-order valence-electron chi connectivity index (χ3n) is 5.40. The normalized spacial score (nSPS) is 11.6. The average Bonchev–Trinajstić information content (AvgIpc) is 2.72. The quantitative estimate of drug-likeness (QED) is 0.350. The van der Waals surface area contributed by atoms with Gasteiger partial charge in [0.15, 0.2) is 0 Å². The summed E-state index contributed by atoms with van der Waals surface area (Å²) in [6.45, 7) is 14.0. The lowest BCUT2D eigenvalue weighted by atomic mass is 9.78. The lowest BCUT2D eigenvalue weighted by molar-refractivity contribution is 0.275. The number of hydrogen-bond donors (Lipinski definition) is 3. The molecule has 3 aromatic rings. The zero-order valence-corrected chi connectivity index (χ0v) is 20.7. The van der Waals surface area contributed by atoms with Gasteiger partial charge in [-0.25, -0.2) is 4.57 Å². The maximum atomic E-state index is 8.88. The van der Waals surface area contributed by atoms with Gasteiger partial charge in [0.25, 0.3) is 0 Å². The van der Waals surface area contributed by atoms with E-state index < -0.39 is 7.82 Å². The molecule has 32 heavy (non-hydrogen) atoms. The molecule has 172 valence electrons. The van der Waals surface area contributed by atoms with Gasteiger partial charge in [0.1, 0.15) is 0 Å². The predicted octanol–water partition coefficient (Wildman–Crippen LogP) is 7.46. The Bertz CT molecular complexity index is 1060. The van der Waals surface area contributed by atoms with Crippen LogP contribution in [-0.2, 0) is 4.57 Å². The van der Waals surface area contributed by atoms with E-state index >= 15 is 0 Å². The second-order valence-electron chi connectivity index (χ2n) is 8.92. The molecule has 0 heterocycles. The fourth-order valence-electron chi connectivity index (χ4n) is 4.25.